The summed E-state index contributed by atoms with van der Waals surface area (Å²) in [6.07, 6.45) is 1.37. The largest absolute Gasteiger partial charge is 0.481 e. The summed E-state index contributed by atoms with van der Waals surface area (Å²) in [5.74, 6) is -1.28. The van der Waals surface area contributed by atoms with Crippen molar-refractivity contribution in [3.63, 3.8) is 0 Å². The van der Waals surface area contributed by atoms with Crippen molar-refractivity contribution in [1.29, 1.82) is 0 Å². The average molecular weight is 374 g/mol. The van der Waals surface area contributed by atoms with Crippen LogP contribution in [0, 0.1) is 9.49 Å². The van der Waals surface area contributed by atoms with E-state index in [1.54, 1.807) is 4.90 Å². The van der Waals surface area contributed by atoms with Crippen LogP contribution in [-0.4, -0.2) is 35.1 Å². The Morgan fingerprint density at radius 1 is 1.42 bits per heavy atom. The van der Waals surface area contributed by atoms with Gasteiger partial charge in [0.1, 0.15) is 0 Å². The number of halogens is 1. The van der Waals surface area contributed by atoms with Crippen LogP contribution in [0.2, 0.25) is 0 Å². The lowest BCUT2D eigenvalue weighted by molar-refractivity contribution is -0.143. The zero-order valence-corrected chi connectivity index (χ0v) is 12.5. The molecule has 19 heavy (non-hydrogen) atoms. The van der Waals surface area contributed by atoms with Gasteiger partial charge in [0.25, 0.3) is 0 Å². The summed E-state index contributed by atoms with van der Waals surface area (Å²) in [7, 11) is 0. The van der Waals surface area contributed by atoms with Gasteiger partial charge >= 0.3 is 12.0 Å². The first-order chi connectivity index (χ1) is 9.06. The molecule has 2 N–H and O–H groups in total. The second-order valence-electron chi connectivity index (χ2n) is 4.56. The summed E-state index contributed by atoms with van der Waals surface area (Å²) in [5.41, 5.74) is 0.731. The van der Waals surface area contributed by atoms with E-state index < -0.39 is 11.9 Å². The Hall–Kier alpha value is -1.31. The van der Waals surface area contributed by atoms with E-state index in [1.807, 2.05) is 24.3 Å². The van der Waals surface area contributed by atoms with Crippen LogP contribution < -0.4 is 5.32 Å². The number of aliphatic carboxylic acids is 1. The van der Waals surface area contributed by atoms with Crippen molar-refractivity contribution in [1.82, 2.24) is 4.90 Å². The predicted octanol–water partition coefficient (Wildman–Crippen LogP) is 2.62. The molecule has 1 heterocycles. The Bertz CT molecular complexity index is 493. The molecule has 0 aliphatic carbocycles. The number of piperidine rings is 1. The molecule has 0 aromatic heterocycles. The molecule has 0 radical (unpaired) electrons. The van der Waals surface area contributed by atoms with E-state index in [0.29, 0.717) is 13.0 Å². The topological polar surface area (TPSA) is 69.6 Å². The van der Waals surface area contributed by atoms with E-state index in [4.69, 9.17) is 5.11 Å². The molecule has 1 aromatic rings. The first kappa shape index (κ1) is 14.1. The van der Waals surface area contributed by atoms with E-state index in [1.165, 1.54) is 0 Å². The summed E-state index contributed by atoms with van der Waals surface area (Å²) in [4.78, 5) is 24.6. The quantitative estimate of drug-likeness (QED) is 0.782. The fourth-order valence-corrected chi connectivity index (χ4v) is 2.68. The first-order valence-electron chi connectivity index (χ1n) is 6.10. The highest BCUT2D eigenvalue weighted by molar-refractivity contribution is 14.1. The molecule has 0 unspecified atom stereocenters. The smallest absolute Gasteiger partial charge is 0.321 e. The lowest BCUT2D eigenvalue weighted by Crippen LogP contribution is -2.44. The van der Waals surface area contributed by atoms with Crippen LogP contribution in [-0.2, 0) is 4.79 Å². The fraction of sp³-hybridized carbons (Fsp3) is 0.385. The van der Waals surface area contributed by atoms with Crippen molar-refractivity contribution in [2.45, 2.75) is 12.8 Å². The molecule has 1 aliphatic heterocycles. The number of likely N-dealkylation sites (tertiary alicyclic amines) is 1. The average Bonchev–Trinajstić information content (AvgIpc) is 2.39. The van der Waals surface area contributed by atoms with E-state index in [9.17, 15) is 9.59 Å². The molecule has 1 fully saturated rings. The number of carbonyl (C=O) groups is 2. The number of rotatable bonds is 2. The molecule has 1 aromatic carbocycles. The maximum absolute atomic E-state index is 12.1. The molecular weight excluding hydrogens is 359 g/mol. The van der Waals surface area contributed by atoms with Crippen LogP contribution in [0.1, 0.15) is 12.8 Å². The zero-order valence-electron chi connectivity index (χ0n) is 10.3. The molecule has 1 atom stereocenters. The number of urea groups is 1. The molecule has 1 aliphatic rings. The standard InChI is InChI=1S/C13H15IN2O3/c14-10-4-1-5-11(7-10)15-13(19)16-6-2-3-9(8-16)12(17)18/h1,4-5,7,9H,2-3,6,8H2,(H,15,19)(H,17,18)/t9-/m1/s1. The second kappa shape index (κ2) is 6.23. The molecule has 6 heteroatoms. The van der Waals surface area contributed by atoms with Gasteiger partial charge < -0.3 is 15.3 Å². The summed E-state index contributed by atoms with van der Waals surface area (Å²) in [6, 6.07) is 7.27. The monoisotopic (exact) mass is 374 g/mol. The number of amides is 2. The maximum atomic E-state index is 12.1. The molecule has 0 saturated carbocycles. The third-order valence-electron chi connectivity index (χ3n) is 3.13. The predicted molar refractivity (Wildman–Crippen MR) is 80.1 cm³/mol. The van der Waals surface area contributed by atoms with Crippen LogP contribution in [0.5, 0.6) is 0 Å². The highest BCUT2D eigenvalue weighted by atomic mass is 127. The van der Waals surface area contributed by atoms with Crippen molar-refractivity contribution in [2.24, 2.45) is 5.92 Å². The van der Waals surface area contributed by atoms with Gasteiger partial charge in [-0.15, -0.1) is 0 Å². The van der Waals surface area contributed by atoms with Gasteiger partial charge in [-0.3, -0.25) is 4.79 Å². The number of benzene rings is 1. The summed E-state index contributed by atoms with van der Waals surface area (Å²) in [6.45, 7) is 0.893. The fourth-order valence-electron chi connectivity index (χ4n) is 2.13. The number of carboxylic acids is 1. The van der Waals surface area contributed by atoms with E-state index >= 15 is 0 Å². The van der Waals surface area contributed by atoms with Crippen molar-refractivity contribution in [3.05, 3.63) is 27.8 Å². The van der Waals surface area contributed by atoms with Gasteiger partial charge in [0, 0.05) is 22.3 Å². The van der Waals surface area contributed by atoms with Gasteiger partial charge in [0.05, 0.1) is 5.92 Å². The highest BCUT2D eigenvalue weighted by Crippen LogP contribution is 2.18. The lowest BCUT2D eigenvalue weighted by Gasteiger charge is -2.30. The highest BCUT2D eigenvalue weighted by Gasteiger charge is 2.28. The van der Waals surface area contributed by atoms with Crippen LogP contribution in [0.4, 0.5) is 10.5 Å². The molecule has 0 bridgehead atoms. The Morgan fingerprint density at radius 2 is 2.21 bits per heavy atom. The Morgan fingerprint density at radius 3 is 2.89 bits per heavy atom. The van der Waals surface area contributed by atoms with Gasteiger partial charge in [-0.1, -0.05) is 6.07 Å². The van der Waals surface area contributed by atoms with Gasteiger partial charge in [-0.25, -0.2) is 4.79 Å². The van der Waals surface area contributed by atoms with Crippen LogP contribution >= 0.6 is 22.6 Å². The third kappa shape index (κ3) is 3.82. The number of carboxylic acid groups (broad SMARTS) is 1. The number of hydrogen-bond acceptors (Lipinski definition) is 2. The Kier molecular flexibility index (Phi) is 4.62. The first-order valence-corrected chi connectivity index (χ1v) is 7.18. The maximum Gasteiger partial charge on any atom is 0.321 e. The SMILES string of the molecule is O=C(O)[C@@H]1CCCN(C(=O)Nc2cccc(I)c2)C1. The number of nitrogens with one attached hydrogen (secondary N) is 1. The van der Waals surface area contributed by atoms with Gasteiger partial charge in [-0.05, 0) is 53.6 Å². The molecule has 5 nitrogen and oxygen atoms in total. The molecular formula is C13H15IN2O3. The minimum Gasteiger partial charge on any atom is -0.481 e. The van der Waals surface area contributed by atoms with E-state index in [2.05, 4.69) is 27.9 Å². The molecule has 2 rings (SSSR count). The molecule has 102 valence electrons. The van der Waals surface area contributed by atoms with Crippen molar-refractivity contribution in [3.8, 4) is 0 Å². The van der Waals surface area contributed by atoms with E-state index in [0.717, 1.165) is 15.7 Å². The van der Waals surface area contributed by atoms with Crippen LogP contribution in [0.3, 0.4) is 0 Å². The zero-order chi connectivity index (χ0) is 13.8. The van der Waals surface area contributed by atoms with Gasteiger partial charge in [0.15, 0.2) is 0 Å². The summed E-state index contributed by atoms with van der Waals surface area (Å²) >= 11 is 2.18. The van der Waals surface area contributed by atoms with Crippen molar-refractivity contribution in [2.75, 3.05) is 18.4 Å². The number of nitrogens with zero attached hydrogens (tertiary/aromatic N) is 1. The number of carbonyl (C=O) groups excluding carboxylic acids is 1. The van der Waals surface area contributed by atoms with Crippen molar-refractivity contribution < 1.29 is 14.7 Å². The molecule has 2 amide bonds. The lowest BCUT2D eigenvalue weighted by atomic mass is 9.99. The van der Waals surface area contributed by atoms with Crippen LogP contribution in [0.25, 0.3) is 0 Å². The van der Waals surface area contributed by atoms with Crippen LogP contribution in [0.15, 0.2) is 24.3 Å². The third-order valence-corrected chi connectivity index (χ3v) is 3.80. The molecule has 1 saturated heterocycles. The Labute approximate surface area is 125 Å². The minimum atomic E-state index is -0.827. The van der Waals surface area contributed by atoms with Crippen molar-refractivity contribution >= 4 is 40.3 Å². The number of anilines is 1. The van der Waals surface area contributed by atoms with Gasteiger partial charge in [0.2, 0.25) is 0 Å². The minimum absolute atomic E-state index is 0.229. The normalized spacial score (nSPS) is 19.0. The van der Waals surface area contributed by atoms with E-state index in [-0.39, 0.29) is 12.6 Å². The summed E-state index contributed by atoms with van der Waals surface area (Å²) in [5, 5.41) is 11.8. The number of hydrogen-bond donors (Lipinski definition) is 2. The summed E-state index contributed by atoms with van der Waals surface area (Å²) < 4.78 is 1.04. The van der Waals surface area contributed by atoms with Gasteiger partial charge in [-0.2, -0.15) is 0 Å². The second-order valence-corrected chi connectivity index (χ2v) is 5.81. The Balaban J connectivity index is 1.98. The molecule has 0 spiro atoms.